The van der Waals surface area contributed by atoms with Crippen LogP contribution in [0.4, 0.5) is 0 Å². The third-order valence-electron chi connectivity index (χ3n) is 5.99. The number of fused-ring (bicyclic) bond motifs is 2. The fourth-order valence-corrected chi connectivity index (χ4v) is 4.61. The number of hydrogen-bond acceptors (Lipinski definition) is 4. The van der Waals surface area contributed by atoms with Crippen LogP contribution in [0.25, 0.3) is 0 Å². The van der Waals surface area contributed by atoms with Crippen molar-refractivity contribution in [1.29, 1.82) is 0 Å². The van der Waals surface area contributed by atoms with Crippen LogP contribution < -0.4 is 4.74 Å². The maximum absolute atomic E-state index is 6.53. The van der Waals surface area contributed by atoms with Gasteiger partial charge in [-0.15, -0.1) is 6.58 Å². The first-order valence-corrected chi connectivity index (χ1v) is 9.81. The number of piperazine rings is 1. The molecule has 1 aromatic rings. The molecule has 0 spiro atoms. The molecule has 1 unspecified atom stereocenters. The maximum atomic E-state index is 6.53. The fraction of sp³-hybridized carbons (Fsp3) is 0.619. The number of piperidine rings is 1. The molecule has 0 N–H and O–H groups in total. The molecule has 3 fully saturated rings. The molecule has 0 radical (unpaired) electrons. The van der Waals surface area contributed by atoms with Gasteiger partial charge in [0.2, 0.25) is 0 Å². The van der Waals surface area contributed by atoms with Crippen molar-refractivity contribution in [3.63, 3.8) is 0 Å². The highest BCUT2D eigenvalue weighted by Gasteiger charge is 2.42. The molecule has 136 valence electrons. The second kappa shape index (κ2) is 7.48. The van der Waals surface area contributed by atoms with E-state index in [1.807, 2.05) is 6.08 Å². The van der Waals surface area contributed by atoms with Crippen LogP contribution in [0.1, 0.15) is 24.8 Å². The van der Waals surface area contributed by atoms with E-state index >= 15 is 0 Å². The summed E-state index contributed by atoms with van der Waals surface area (Å²) < 4.78 is 6.53. The van der Waals surface area contributed by atoms with Crippen molar-refractivity contribution in [2.45, 2.75) is 31.4 Å². The first-order valence-electron chi connectivity index (χ1n) is 9.81. The summed E-state index contributed by atoms with van der Waals surface area (Å²) in [7, 11) is 0. The Bertz CT molecular complexity index is 593. The number of benzene rings is 1. The van der Waals surface area contributed by atoms with Crippen molar-refractivity contribution in [2.75, 3.05) is 52.4 Å². The van der Waals surface area contributed by atoms with E-state index in [1.165, 1.54) is 37.9 Å². The Balaban J connectivity index is 1.35. The predicted molar refractivity (Wildman–Crippen MR) is 102 cm³/mol. The molecule has 4 heteroatoms. The van der Waals surface area contributed by atoms with Crippen molar-refractivity contribution < 1.29 is 4.74 Å². The average molecular weight is 341 g/mol. The lowest BCUT2D eigenvalue weighted by molar-refractivity contribution is 0.0451. The van der Waals surface area contributed by atoms with E-state index in [0.29, 0.717) is 0 Å². The van der Waals surface area contributed by atoms with Crippen molar-refractivity contribution in [3.8, 4) is 5.75 Å². The van der Waals surface area contributed by atoms with Crippen LogP contribution in [0.3, 0.4) is 0 Å². The molecule has 2 bridgehead atoms. The van der Waals surface area contributed by atoms with Gasteiger partial charge in [0.15, 0.2) is 0 Å². The summed E-state index contributed by atoms with van der Waals surface area (Å²) in [4.78, 5) is 7.57. The normalized spacial score (nSPS) is 30.3. The zero-order chi connectivity index (χ0) is 17.1. The summed E-state index contributed by atoms with van der Waals surface area (Å²) in [6, 6.07) is 8.80. The quantitative estimate of drug-likeness (QED) is 0.740. The van der Waals surface area contributed by atoms with Crippen molar-refractivity contribution in [1.82, 2.24) is 14.7 Å². The molecule has 25 heavy (non-hydrogen) atoms. The van der Waals surface area contributed by atoms with Crippen LogP contribution in [0.2, 0.25) is 0 Å². The Labute approximate surface area is 152 Å². The van der Waals surface area contributed by atoms with Crippen LogP contribution in [0.15, 0.2) is 36.9 Å². The highest BCUT2D eigenvalue weighted by molar-refractivity contribution is 5.29. The Morgan fingerprint density at radius 3 is 2.72 bits per heavy atom. The monoisotopic (exact) mass is 341 g/mol. The molecule has 0 aliphatic carbocycles. The van der Waals surface area contributed by atoms with Crippen LogP contribution in [-0.4, -0.2) is 72.7 Å². The minimum atomic E-state index is 0.0766. The molecule has 2 atom stereocenters. The molecule has 3 heterocycles. The minimum Gasteiger partial charge on any atom is -0.486 e. The fourth-order valence-electron chi connectivity index (χ4n) is 4.61. The largest absolute Gasteiger partial charge is 0.486 e. The molecule has 4 nitrogen and oxygen atoms in total. The molecule has 0 saturated carbocycles. The van der Waals surface area contributed by atoms with E-state index in [0.717, 1.165) is 51.6 Å². The van der Waals surface area contributed by atoms with Gasteiger partial charge in [0.05, 0.1) is 0 Å². The van der Waals surface area contributed by atoms with Crippen LogP contribution in [0, 0.1) is 0 Å². The van der Waals surface area contributed by atoms with Crippen molar-refractivity contribution in [2.24, 2.45) is 0 Å². The summed E-state index contributed by atoms with van der Waals surface area (Å²) >= 11 is 0. The number of nitrogens with zero attached hydrogens (tertiary/aromatic N) is 3. The van der Waals surface area contributed by atoms with Crippen molar-refractivity contribution >= 4 is 0 Å². The first kappa shape index (κ1) is 17.1. The lowest BCUT2D eigenvalue weighted by Crippen LogP contribution is -2.45. The summed E-state index contributed by atoms with van der Waals surface area (Å²) in [5, 5.41) is 0. The number of rotatable bonds is 6. The lowest BCUT2D eigenvalue weighted by atomic mass is 9.94. The first-order chi connectivity index (χ1) is 12.2. The van der Waals surface area contributed by atoms with Crippen molar-refractivity contribution in [3.05, 3.63) is 42.5 Å². The Hall–Kier alpha value is -1.36. The third-order valence-corrected chi connectivity index (χ3v) is 5.99. The molecule has 0 aromatic heterocycles. The van der Waals surface area contributed by atoms with Crippen LogP contribution >= 0.6 is 0 Å². The van der Waals surface area contributed by atoms with E-state index in [4.69, 9.17) is 4.74 Å². The topological polar surface area (TPSA) is 19.0 Å². The second-order valence-electron chi connectivity index (χ2n) is 7.93. The van der Waals surface area contributed by atoms with E-state index in [9.17, 15) is 0 Å². The second-order valence-corrected chi connectivity index (χ2v) is 7.93. The summed E-state index contributed by atoms with van der Waals surface area (Å²) in [6.45, 7) is 14.0. The van der Waals surface area contributed by atoms with Gasteiger partial charge in [-0.3, -0.25) is 14.7 Å². The van der Waals surface area contributed by atoms with E-state index in [1.54, 1.807) is 0 Å². The lowest BCUT2D eigenvalue weighted by Gasteiger charge is -2.35. The minimum absolute atomic E-state index is 0.0766. The van der Waals surface area contributed by atoms with Gasteiger partial charge in [-0.05, 0) is 37.1 Å². The Kier molecular flexibility index (Phi) is 5.11. The van der Waals surface area contributed by atoms with E-state index in [2.05, 4.69) is 45.5 Å². The third kappa shape index (κ3) is 4.08. The van der Waals surface area contributed by atoms with Gasteiger partial charge in [0.1, 0.15) is 11.4 Å². The van der Waals surface area contributed by atoms with Crippen LogP contribution in [-0.2, 0) is 6.54 Å². The summed E-state index contributed by atoms with van der Waals surface area (Å²) in [5.74, 6) is 1.06. The van der Waals surface area contributed by atoms with Gasteiger partial charge in [0, 0.05) is 58.8 Å². The maximum Gasteiger partial charge on any atom is 0.123 e. The molecule has 3 saturated heterocycles. The van der Waals surface area contributed by atoms with Gasteiger partial charge < -0.3 is 4.74 Å². The zero-order valence-corrected chi connectivity index (χ0v) is 15.3. The summed E-state index contributed by atoms with van der Waals surface area (Å²) in [5.41, 5.74) is 1.45. The zero-order valence-electron chi connectivity index (χ0n) is 15.3. The highest BCUT2D eigenvalue weighted by Crippen LogP contribution is 2.35. The van der Waals surface area contributed by atoms with Gasteiger partial charge in [0.25, 0.3) is 0 Å². The standard InChI is InChI=1S/C21H31N3O/c1-2-9-22-12-14-23(15-13-22)17-19-5-3-6-20(16-19)25-21-7-4-10-24(18-21)11-8-21/h2-3,5-6,16H,1,4,7-15,17-18H2/t21-/m1/s1. The van der Waals surface area contributed by atoms with Gasteiger partial charge in [-0.2, -0.15) is 0 Å². The SMILES string of the molecule is C=CCN1CCN(Cc2cccc(O[C@]34CCCN(CC3)C4)c2)CC1. The van der Waals surface area contributed by atoms with Gasteiger partial charge in [-0.1, -0.05) is 18.2 Å². The molecule has 1 aromatic carbocycles. The molecule has 4 rings (SSSR count). The van der Waals surface area contributed by atoms with Gasteiger partial charge >= 0.3 is 0 Å². The molecular weight excluding hydrogens is 310 g/mol. The Morgan fingerprint density at radius 1 is 1.04 bits per heavy atom. The average Bonchev–Trinajstić information content (AvgIpc) is 2.91. The molecule has 0 amide bonds. The van der Waals surface area contributed by atoms with Gasteiger partial charge in [-0.25, -0.2) is 0 Å². The molecule has 3 aliphatic rings. The highest BCUT2D eigenvalue weighted by atomic mass is 16.5. The molecule has 3 aliphatic heterocycles. The number of ether oxygens (including phenoxy) is 1. The van der Waals surface area contributed by atoms with E-state index < -0.39 is 0 Å². The summed E-state index contributed by atoms with van der Waals surface area (Å²) in [6.07, 6.45) is 5.67. The van der Waals surface area contributed by atoms with Crippen LogP contribution in [0.5, 0.6) is 5.75 Å². The predicted octanol–water partition coefficient (Wildman–Crippen LogP) is 2.61. The smallest absolute Gasteiger partial charge is 0.123 e. The number of hydrogen-bond donors (Lipinski definition) is 0. The Morgan fingerprint density at radius 2 is 1.88 bits per heavy atom. The van der Waals surface area contributed by atoms with E-state index in [-0.39, 0.29) is 5.60 Å². The molecular formula is C21H31N3O.